The SMILES string of the molecule is Cc1nc2ccccc2n1CCNC(=O)CCCC(C)N. The monoisotopic (exact) mass is 288 g/mol. The first-order valence-electron chi connectivity index (χ1n) is 7.52. The van der Waals surface area contributed by atoms with Gasteiger partial charge in [-0.1, -0.05) is 12.1 Å². The van der Waals surface area contributed by atoms with Gasteiger partial charge in [0.2, 0.25) is 5.91 Å². The smallest absolute Gasteiger partial charge is 0.220 e. The second-order valence-corrected chi connectivity index (χ2v) is 5.52. The summed E-state index contributed by atoms with van der Waals surface area (Å²) in [5.41, 5.74) is 7.78. The molecule has 0 spiro atoms. The molecule has 0 saturated heterocycles. The number of benzene rings is 1. The number of carbonyl (C=O) groups is 1. The maximum absolute atomic E-state index is 11.7. The number of aryl methyl sites for hydroxylation is 1. The molecule has 1 aromatic carbocycles. The number of hydrogen-bond donors (Lipinski definition) is 2. The summed E-state index contributed by atoms with van der Waals surface area (Å²) >= 11 is 0. The molecule has 5 nitrogen and oxygen atoms in total. The number of amides is 1. The summed E-state index contributed by atoms with van der Waals surface area (Å²) in [6.45, 7) is 5.32. The standard InChI is InChI=1S/C16H24N4O/c1-12(17)6-5-9-16(21)18-10-11-20-13(2)19-14-7-3-4-8-15(14)20/h3-4,7-8,12H,5-6,9-11,17H2,1-2H3,(H,18,21). The Balaban J connectivity index is 1.82. The molecule has 0 fully saturated rings. The number of aromatic nitrogens is 2. The fourth-order valence-electron chi connectivity index (χ4n) is 2.46. The number of para-hydroxylation sites is 2. The van der Waals surface area contributed by atoms with Crippen LogP contribution in [-0.2, 0) is 11.3 Å². The van der Waals surface area contributed by atoms with E-state index in [1.165, 1.54) is 0 Å². The summed E-state index contributed by atoms with van der Waals surface area (Å²) in [4.78, 5) is 16.2. The number of nitrogens with two attached hydrogens (primary N) is 1. The van der Waals surface area contributed by atoms with Crippen molar-refractivity contribution in [3.63, 3.8) is 0 Å². The minimum atomic E-state index is 0.0951. The number of imidazole rings is 1. The molecule has 114 valence electrons. The maximum atomic E-state index is 11.7. The lowest BCUT2D eigenvalue weighted by molar-refractivity contribution is -0.121. The van der Waals surface area contributed by atoms with Gasteiger partial charge in [0, 0.05) is 25.6 Å². The predicted octanol–water partition coefficient (Wildman–Crippen LogP) is 1.98. The molecule has 1 heterocycles. The van der Waals surface area contributed by atoms with E-state index in [-0.39, 0.29) is 11.9 Å². The van der Waals surface area contributed by atoms with Crippen molar-refractivity contribution in [2.75, 3.05) is 6.54 Å². The van der Waals surface area contributed by atoms with Crippen LogP contribution in [0.5, 0.6) is 0 Å². The summed E-state index contributed by atoms with van der Waals surface area (Å²) in [7, 11) is 0. The zero-order chi connectivity index (χ0) is 15.2. The van der Waals surface area contributed by atoms with Crippen LogP contribution >= 0.6 is 0 Å². The van der Waals surface area contributed by atoms with Crippen molar-refractivity contribution in [3.05, 3.63) is 30.1 Å². The van der Waals surface area contributed by atoms with Gasteiger partial charge in [0.15, 0.2) is 0 Å². The second-order valence-electron chi connectivity index (χ2n) is 5.52. The lowest BCUT2D eigenvalue weighted by Gasteiger charge is -2.09. The average molecular weight is 288 g/mol. The summed E-state index contributed by atoms with van der Waals surface area (Å²) in [6, 6.07) is 8.22. The Bertz CT molecular complexity index is 603. The molecular formula is C16H24N4O. The van der Waals surface area contributed by atoms with Crippen LogP contribution in [0.2, 0.25) is 0 Å². The van der Waals surface area contributed by atoms with Crippen LogP contribution in [0.3, 0.4) is 0 Å². The lowest BCUT2D eigenvalue weighted by Crippen LogP contribution is -2.27. The van der Waals surface area contributed by atoms with E-state index in [0.29, 0.717) is 13.0 Å². The highest BCUT2D eigenvalue weighted by molar-refractivity contribution is 5.76. The zero-order valence-electron chi connectivity index (χ0n) is 12.8. The molecule has 1 amide bonds. The Morgan fingerprint density at radius 3 is 2.95 bits per heavy atom. The molecular weight excluding hydrogens is 264 g/mol. The van der Waals surface area contributed by atoms with E-state index < -0.39 is 0 Å². The molecule has 0 aliphatic carbocycles. The molecule has 1 unspecified atom stereocenters. The summed E-state index contributed by atoms with van der Waals surface area (Å²) < 4.78 is 2.14. The highest BCUT2D eigenvalue weighted by Gasteiger charge is 2.07. The minimum Gasteiger partial charge on any atom is -0.354 e. The van der Waals surface area contributed by atoms with E-state index in [1.54, 1.807) is 0 Å². The van der Waals surface area contributed by atoms with E-state index >= 15 is 0 Å². The summed E-state index contributed by atoms with van der Waals surface area (Å²) in [5, 5.41) is 2.96. The third kappa shape index (κ3) is 4.29. The van der Waals surface area contributed by atoms with E-state index in [4.69, 9.17) is 5.73 Å². The normalized spacial score (nSPS) is 12.5. The van der Waals surface area contributed by atoms with Gasteiger partial charge in [-0.3, -0.25) is 4.79 Å². The van der Waals surface area contributed by atoms with Crippen LogP contribution in [0.4, 0.5) is 0 Å². The van der Waals surface area contributed by atoms with Crippen LogP contribution in [0.25, 0.3) is 11.0 Å². The molecule has 21 heavy (non-hydrogen) atoms. The zero-order valence-corrected chi connectivity index (χ0v) is 12.8. The van der Waals surface area contributed by atoms with Crippen LogP contribution < -0.4 is 11.1 Å². The van der Waals surface area contributed by atoms with Crippen LogP contribution in [-0.4, -0.2) is 28.0 Å². The van der Waals surface area contributed by atoms with Crippen LogP contribution in [0.1, 0.15) is 32.0 Å². The number of rotatable bonds is 7. The second kappa shape index (κ2) is 7.22. The van der Waals surface area contributed by atoms with Crippen molar-refractivity contribution in [2.24, 2.45) is 5.73 Å². The quantitative estimate of drug-likeness (QED) is 0.818. The fourth-order valence-corrected chi connectivity index (χ4v) is 2.46. The van der Waals surface area contributed by atoms with Crippen molar-refractivity contribution >= 4 is 16.9 Å². The largest absolute Gasteiger partial charge is 0.354 e. The Kier molecular flexibility index (Phi) is 5.33. The van der Waals surface area contributed by atoms with Gasteiger partial charge >= 0.3 is 0 Å². The molecule has 1 aromatic heterocycles. The van der Waals surface area contributed by atoms with Crippen molar-refractivity contribution in [2.45, 2.75) is 45.7 Å². The first-order chi connectivity index (χ1) is 10.1. The van der Waals surface area contributed by atoms with Gasteiger partial charge in [0.25, 0.3) is 0 Å². The number of fused-ring (bicyclic) bond motifs is 1. The maximum Gasteiger partial charge on any atom is 0.220 e. The summed E-state index contributed by atoms with van der Waals surface area (Å²) in [6.07, 6.45) is 2.28. The van der Waals surface area contributed by atoms with Crippen molar-refractivity contribution < 1.29 is 4.79 Å². The van der Waals surface area contributed by atoms with E-state index in [0.717, 1.165) is 36.2 Å². The third-order valence-corrected chi connectivity index (χ3v) is 3.57. The minimum absolute atomic E-state index is 0.0951. The molecule has 5 heteroatoms. The molecule has 0 aliphatic rings. The first kappa shape index (κ1) is 15.5. The van der Waals surface area contributed by atoms with Crippen LogP contribution in [0, 0.1) is 6.92 Å². The van der Waals surface area contributed by atoms with Crippen molar-refractivity contribution in [1.82, 2.24) is 14.9 Å². The Morgan fingerprint density at radius 2 is 2.19 bits per heavy atom. The molecule has 0 aliphatic heterocycles. The summed E-state index contributed by atoms with van der Waals surface area (Å²) in [5.74, 6) is 1.07. The average Bonchev–Trinajstić information content (AvgIpc) is 2.75. The van der Waals surface area contributed by atoms with Gasteiger partial charge in [0.1, 0.15) is 5.82 Å². The van der Waals surface area contributed by atoms with Gasteiger partial charge in [-0.2, -0.15) is 0 Å². The molecule has 2 aromatic rings. The number of nitrogens with zero attached hydrogens (tertiary/aromatic N) is 2. The number of carbonyl (C=O) groups excluding carboxylic acids is 1. The third-order valence-electron chi connectivity index (χ3n) is 3.57. The number of hydrogen-bond acceptors (Lipinski definition) is 3. The first-order valence-corrected chi connectivity index (χ1v) is 7.52. The van der Waals surface area contributed by atoms with Gasteiger partial charge in [0.05, 0.1) is 11.0 Å². The van der Waals surface area contributed by atoms with Crippen molar-refractivity contribution in [1.29, 1.82) is 0 Å². The molecule has 3 N–H and O–H groups in total. The highest BCUT2D eigenvalue weighted by Crippen LogP contribution is 2.14. The lowest BCUT2D eigenvalue weighted by atomic mass is 10.1. The van der Waals surface area contributed by atoms with Gasteiger partial charge in [-0.05, 0) is 38.8 Å². The predicted molar refractivity (Wildman–Crippen MR) is 85.0 cm³/mol. The Hall–Kier alpha value is -1.88. The molecule has 2 rings (SSSR count). The van der Waals surface area contributed by atoms with Gasteiger partial charge in [-0.25, -0.2) is 4.98 Å². The fraction of sp³-hybridized carbons (Fsp3) is 0.500. The number of nitrogens with one attached hydrogen (secondary N) is 1. The molecule has 0 bridgehead atoms. The van der Waals surface area contributed by atoms with Crippen molar-refractivity contribution in [3.8, 4) is 0 Å². The van der Waals surface area contributed by atoms with E-state index in [9.17, 15) is 4.79 Å². The molecule has 0 saturated carbocycles. The topological polar surface area (TPSA) is 72.9 Å². The van der Waals surface area contributed by atoms with E-state index in [2.05, 4.69) is 20.9 Å². The molecule has 0 radical (unpaired) electrons. The Labute approximate surface area is 125 Å². The molecule has 1 atom stereocenters. The van der Waals surface area contributed by atoms with Gasteiger partial charge in [-0.15, -0.1) is 0 Å². The van der Waals surface area contributed by atoms with E-state index in [1.807, 2.05) is 32.0 Å². The Morgan fingerprint density at radius 1 is 1.43 bits per heavy atom. The highest BCUT2D eigenvalue weighted by atomic mass is 16.1. The van der Waals surface area contributed by atoms with Gasteiger partial charge < -0.3 is 15.6 Å². The van der Waals surface area contributed by atoms with Crippen LogP contribution in [0.15, 0.2) is 24.3 Å².